The fraction of sp³-hybridized carbons (Fsp3) is 0.200. The summed E-state index contributed by atoms with van der Waals surface area (Å²) in [7, 11) is -3.77. The van der Waals surface area contributed by atoms with Gasteiger partial charge in [0.25, 0.3) is 0 Å². The standard InChI is InChI=1S/C25H25ClN2O6S/c1-3-33-25(30)22-15-19(9-14-23(22)26)27-24(29)16-28(35(2,31)32)20-10-12-21(13-11-20)34-17-18-7-5-4-6-8-18/h4-15H,3,16-17H2,1-2H3,(H,27,29). The van der Waals surface area contributed by atoms with Gasteiger partial charge in [-0.2, -0.15) is 0 Å². The fourth-order valence-electron chi connectivity index (χ4n) is 3.15. The summed E-state index contributed by atoms with van der Waals surface area (Å²) in [6.07, 6.45) is 1.02. The third kappa shape index (κ3) is 7.46. The van der Waals surface area contributed by atoms with E-state index in [0.29, 0.717) is 18.0 Å². The maximum Gasteiger partial charge on any atom is 0.339 e. The zero-order chi connectivity index (χ0) is 25.4. The molecule has 3 aromatic carbocycles. The molecule has 0 aromatic heterocycles. The summed E-state index contributed by atoms with van der Waals surface area (Å²) in [4.78, 5) is 24.7. The van der Waals surface area contributed by atoms with E-state index in [1.54, 1.807) is 31.2 Å². The van der Waals surface area contributed by atoms with Gasteiger partial charge >= 0.3 is 5.97 Å². The van der Waals surface area contributed by atoms with Gasteiger partial charge in [0.1, 0.15) is 18.9 Å². The Bertz CT molecular complexity index is 1280. The van der Waals surface area contributed by atoms with E-state index in [0.717, 1.165) is 16.1 Å². The molecule has 1 N–H and O–H groups in total. The number of esters is 1. The maximum atomic E-state index is 12.7. The maximum absolute atomic E-state index is 12.7. The van der Waals surface area contributed by atoms with Gasteiger partial charge in [-0.05, 0) is 55.0 Å². The van der Waals surface area contributed by atoms with Crippen molar-refractivity contribution >= 4 is 44.9 Å². The predicted molar refractivity (Wildman–Crippen MR) is 135 cm³/mol. The summed E-state index contributed by atoms with van der Waals surface area (Å²) in [6.45, 7) is 1.73. The number of anilines is 2. The highest BCUT2D eigenvalue weighted by Crippen LogP contribution is 2.24. The van der Waals surface area contributed by atoms with E-state index in [1.165, 1.54) is 18.2 Å². The summed E-state index contributed by atoms with van der Waals surface area (Å²) >= 11 is 6.05. The number of halogens is 1. The molecule has 0 atom stereocenters. The first-order chi connectivity index (χ1) is 16.7. The minimum Gasteiger partial charge on any atom is -0.489 e. The van der Waals surface area contributed by atoms with Crippen LogP contribution in [0.25, 0.3) is 0 Å². The Morgan fingerprint density at radius 2 is 1.69 bits per heavy atom. The summed E-state index contributed by atoms with van der Waals surface area (Å²) in [5.41, 5.74) is 1.68. The van der Waals surface area contributed by atoms with Gasteiger partial charge in [0.05, 0.1) is 29.1 Å². The Kier molecular flexibility index (Phi) is 8.73. The lowest BCUT2D eigenvalue weighted by atomic mass is 10.2. The van der Waals surface area contributed by atoms with E-state index in [9.17, 15) is 18.0 Å². The summed E-state index contributed by atoms with van der Waals surface area (Å²) in [6, 6.07) is 20.4. The lowest BCUT2D eigenvalue weighted by molar-refractivity contribution is -0.114. The lowest BCUT2D eigenvalue weighted by Gasteiger charge is -2.22. The summed E-state index contributed by atoms with van der Waals surface area (Å²) < 4.78 is 36.5. The Balaban J connectivity index is 1.70. The number of carbonyl (C=O) groups is 2. The molecular formula is C25H25ClN2O6S. The van der Waals surface area contributed by atoms with Crippen LogP contribution in [-0.4, -0.2) is 39.7 Å². The molecule has 1 amide bonds. The normalized spacial score (nSPS) is 10.9. The van der Waals surface area contributed by atoms with Gasteiger partial charge in [0.2, 0.25) is 15.9 Å². The molecule has 3 rings (SSSR count). The smallest absolute Gasteiger partial charge is 0.339 e. The van der Waals surface area contributed by atoms with Gasteiger partial charge in [-0.1, -0.05) is 41.9 Å². The number of nitrogens with zero attached hydrogens (tertiary/aromatic N) is 1. The van der Waals surface area contributed by atoms with Gasteiger partial charge < -0.3 is 14.8 Å². The fourth-order valence-corrected chi connectivity index (χ4v) is 4.20. The van der Waals surface area contributed by atoms with Crippen LogP contribution in [-0.2, 0) is 26.2 Å². The summed E-state index contributed by atoms with van der Waals surface area (Å²) in [5, 5.41) is 2.77. The zero-order valence-corrected chi connectivity index (χ0v) is 20.8. The van der Waals surface area contributed by atoms with Crippen LogP contribution in [0.2, 0.25) is 5.02 Å². The van der Waals surface area contributed by atoms with Gasteiger partial charge in [-0.15, -0.1) is 0 Å². The molecule has 10 heteroatoms. The molecule has 0 fully saturated rings. The number of amides is 1. The first-order valence-electron chi connectivity index (χ1n) is 10.7. The monoisotopic (exact) mass is 516 g/mol. The third-order valence-electron chi connectivity index (χ3n) is 4.81. The molecule has 0 heterocycles. The quantitative estimate of drug-likeness (QED) is 0.398. The van der Waals surface area contributed by atoms with Crippen LogP contribution in [0.3, 0.4) is 0 Å². The molecule has 184 valence electrons. The summed E-state index contributed by atoms with van der Waals surface area (Å²) in [5.74, 6) is -0.666. The first kappa shape index (κ1) is 26.1. The van der Waals surface area contributed by atoms with Crippen molar-refractivity contribution < 1.29 is 27.5 Å². The van der Waals surface area contributed by atoms with Crippen LogP contribution >= 0.6 is 11.6 Å². The Morgan fingerprint density at radius 1 is 1.00 bits per heavy atom. The zero-order valence-electron chi connectivity index (χ0n) is 19.2. The third-order valence-corrected chi connectivity index (χ3v) is 6.28. The molecule has 0 radical (unpaired) electrons. The van der Waals surface area contributed by atoms with Gasteiger partial charge in [0, 0.05) is 5.69 Å². The van der Waals surface area contributed by atoms with Crippen LogP contribution in [0.4, 0.5) is 11.4 Å². The highest BCUT2D eigenvalue weighted by molar-refractivity contribution is 7.92. The van der Waals surface area contributed by atoms with Crippen LogP contribution in [0.1, 0.15) is 22.8 Å². The average Bonchev–Trinajstić information content (AvgIpc) is 2.83. The van der Waals surface area contributed by atoms with Crippen molar-refractivity contribution in [1.82, 2.24) is 0 Å². The Morgan fingerprint density at radius 3 is 2.31 bits per heavy atom. The van der Waals surface area contributed by atoms with Crippen molar-refractivity contribution in [3.05, 3.63) is 88.9 Å². The van der Waals surface area contributed by atoms with E-state index in [-0.39, 0.29) is 22.9 Å². The Labute approximate surface area is 209 Å². The highest BCUT2D eigenvalue weighted by atomic mass is 35.5. The molecule has 0 bridgehead atoms. The second-order valence-electron chi connectivity index (χ2n) is 7.50. The minimum absolute atomic E-state index is 0.0948. The molecule has 0 saturated carbocycles. The van der Waals surface area contributed by atoms with Crippen molar-refractivity contribution in [3.63, 3.8) is 0 Å². The molecular weight excluding hydrogens is 492 g/mol. The number of hydrogen-bond acceptors (Lipinski definition) is 6. The molecule has 0 saturated heterocycles. The molecule has 0 aliphatic carbocycles. The number of benzene rings is 3. The number of carbonyl (C=O) groups excluding carboxylic acids is 2. The Hall–Kier alpha value is -3.56. The van der Waals surface area contributed by atoms with E-state index >= 15 is 0 Å². The number of sulfonamides is 1. The lowest BCUT2D eigenvalue weighted by Crippen LogP contribution is -2.37. The minimum atomic E-state index is -3.77. The number of hydrogen-bond donors (Lipinski definition) is 1. The van der Waals surface area contributed by atoms with E-state index in [1.807, 2.05) is 30.3 Å². The van der Waals surface area contributed by atoms with Crippen LogP contribution in [0, 0.1) is 0 Å². The van der Waals surface area contributed by atoms with Crippen molar-refractivity contribution in [2.45, 2.75) is 13.5 Å². The predicted octanol–water partition coefficient (Wildman–Crippen LogP) is 4.50. The van der Waals surface area contributed by atoms with Gasteiger partial charge in [-0.3, -0.25) is 9.10 Å². The topological polar surface area (TPSA) is 102 Å². The van der Waals surface area contributed by atoms with Crippen molar-refractivity contribution in [2.75, 3.05) is 29.0 Å². The molecule has 3 aromatic rings. The first-order valence-corrected chi connectivity index (χ1v) is 12.9. The highest BCUT2D eigenvalue weighted by Gasteiger charge is 2.21. The SMILES string of the molecule is CCOC(=O)c1cc(NC(=O)CN(c2ccc(OCc3ccccc3)cc2)S(C)(=O)=O)ccc1Cl. The number of rotatable bonds is 10. The van der Waals surface area contributed by atoms with Crippen molar-refractivity contribution in [2.24, 2.45) is 0 Å². The molecule has 0 unspecified atom stereocenters. The van der Waals surface area contributed by atoms with E-state index in [2.05, 4.69) is 5.32 Å². The number of ether oxygens (including phenoxy) is 2. The molecule has 0 aliphatic heterocycles. The van der Waals surface area contributed by atoms with Crippen LogP contribution < -0.4 is 14.4 Å². The van der Waals surface area contributed by atoms with Crippen LogP contribution in [0.15, 0.2) is 72.8 Å². The second kappa shape index (κ2) is 11.7. The van der Waals surface area contributed by atoms with Crippen molar-refractivity contribution in [3.8, 4) is 5.75 Å². The molecule has 35 heavy (non-hydrogen) atoms. The van der Waals surface area contributed by atoms with Gasteiger partial charge in [-0.25, -0.2) is 13.2 Å². The van der Waals surface area contributed by atoms with Crippen LogP contribution in [0.5, 0.6) is 5.75 Å². The second-order valence-corrected chi connectivity index (χ2v) is 9.82. The molecule has 8 nitrogen and oxygen atoms in total. The van der Waals surface area contributed by atoms with Crippen molar-refractivity contribution in [1.29, 1.82) is 0 Å². The van der Waals surface area contributed by atoms with Gasteiger partial charge in [0.15, 0.2) is 0 Å². The number of nitrogens with one attached hydrogen (secondary N) is 1. The average molecular weight is 517 g/mol. The molecule has 0 aliphatic rings. The van der Waals surface area contributed by atoms with E-state index in [4.69, 9.17) is 21.1 Å². The molecule has 0 spiro atoms. The van der Waals surface area contributed by atoms with E-state index < -0.39 is 28.4 Å². The largest absolute Gasteiger partial charge is 0.489 e.